The predicted molar refractivity (Wildman–Crippen MR) is 115 cm³/mol. The number of benzene rings is 1. The summed E-state index contributed by atoms with van der Waals surface area (Å²) in [5, 5.41) is 9.28. The molecule has 1 fully saturated rings. The number of thiocarbonyl (C=S) groups is 1. The molecule has 1 aliphatic rings. The maximum atomic E-state index is 12.6. The van der Waals surface area contributed by atoms with E-state index in [2.05, 4.69) is 0 Å². The van der Waals surface area contributed by atoms with Crippen molar-refractivity contribution in [2.24, 2.45) is 0 Å². The Kier molecular flexibility index (Phi) is 6.93. The molecule has 0 aliphatic carbocycles. The van der Waals surface area contributed by atoms with Gasteiger partial charge in [-0.15, -0.1) is 0 Å². The molecule has 0 radical (unpaired) electrons. The topological polar surface area (TPSA) is 70.8 Å². The largest absolute Gasteiger partial charge is 0.481 e. The maximum absolute atomic E-state index is 12.6. The molecule has 28 heavy (non-hydrogen) atoms. The second-order valence-electron chi connectivity index (χ2n) is 6.25. The Morgan fingerprint density at radius 3 is 2.82 bits per heavy atom. The molecule has 0 bridgehead atoms. The van der Waals surface area contributed by atoms with Gasteiger partial charge < -0.3 is 9.52 Å². The van der Waals surface area contributed by atoms with Gasteiger partial charge in [0, 0.05) is 29.6 Å². The number of hydrogen-bond acceptors (Lipinski definition) is 5. The summed E-state index contributed by atoms with van der Waals surface area (Å²) in [4.78, 5) is 25.2. The van der Waals surface area contributed by atoms with E-state index in [0.29, 0.717) is 45.2 Å². The lowest BCUT2D eigenvalue weighted by Gasteiger charge is -2.13. The van der Waals surface area contributed by atoms with Gasteiger partial charge in [-0.2, -0.15) is 0 Å². The molecule has 1 aliphatic heterocycles. The number of carboxylic acid groups (broad SMARTS) is 1. The van der Waals surface area contributed by atoms with Crippen molar-refractivity contribution in [3.63, 3.8) is 0 Å². The lowest BCUT2D eigenvalue weighted by Crippen LogP contribution is -2.29. The lowest BCUT2D eigenvalue weighted by atomic mass is 10.2. The molecule has 2 aromatic rings. The molecule has 5 nitrogen and oxygen atoms in total. The highest BCUT2D eigenvalue weighted by Crippen LogP contribution is 2.34. The van der Waals surface area contributed by atoms with E-state index in [1.54, 1.807) is 23.1 Å². The second kappa shape index (κ2) is 9.41. The number of furan rings is 1. The Balaban J connectivity index is 1.63. The van der Waals surface area contributed by atoms with Crippen molar-refractivity contribution in [2.45, 2.75) is 25.7 Å². The summed E-state index contributed by atoms with van der Waals surface area (Å²) >= 11 is 12.6. The van der Waals surface area contributed by atoms with Crippen LogP contribution in [0.5, 0.6) is 0 Å². The minimum absolute atomic E-state index is 0.144. The zero-order valence-electron chi connectivity index (χ0n) is 14.9. The molecule has 1 aromatic heterocycles. The van der Waals surface area contributed by atoms with Gasteiger partial charge in [0.15, 0.2) is 0 Å². The van der Waals surface area contributed by atoms with E-state index in [4.69, 9.17) is 33.3 Å². The first kappa shape index (κ1) is 20.6. The summed E-state index contributed by atoms with van der Waals surface area (Å²) in [6, 6.07) is 11.0. The zero-order chi connectivity index (χ0) is 20.1. The summed E-state index contributed by atoms with van der Waals surface area (Å²) < 4.78 is 6.33. The van der Waals surface area contributed by atoms with Crippen LogP contribution in [0, 0.1) is 0 Å². The number of rotatable bonds is 8. The third-order valence-corrected chi connectivity index (χ3v) is 5.77. The van der Waals surface area contributed by atoms with Gasteiger partial charge in [0.05, 0.1) is 4.91 Å². The Morgan fingerprint density at radius 1 is 1.25 bits per heavy atom. The Bertz CT molecular complexity index is 938. The van der Waals surface area contributed by atoms with Gasteiger partial charge in [-0.1, -0.05) is 54.1 Å². The van der Waals surface area contributed by atoms with E-state index >= 15 is 0 Å². The highest BCUT2D eigenvalue weighted by Gasteiger charge is 2.31. The number of halogens is 1. The number of hydrogen-bond donors (Lipinski definition) is 1. The summed E-state index contributed by atoms with van der Waals surface area (Å²) in [7, 11) is 0. The molecule has 0 saturated carbocycles. The minimum Gasteiger partial charge on any atom is -0.481 e. The number of carboxylic acids is 1. The SMILES string of the molecule is O=C(O)CCCCCN1C(=O)/C(=C\c2ccc(-c3cccc(Cl)c3)o2)SC1=S. The van der Waals surface area contributed by atoms with Crippen LogP contribution in [0.25, 0.3) is 17.4 Å². The highest BCUT2D eigenvalue weighted by atomic mass is 35.5. The van der Waals surface area contributed by atoms with Crippen molar-refractivity contribution in [1.29, 1.82) is 0 Å². The van der Waals surface area contributed by atoms with Crippen LogP contribution in [0.3, 0.4) is 0 Å². The first-order valence-electron chi connectivity index (χ1n) is 8.77. The normalized spacial score (nSPS) is 15.6. The average Bonchev–Trinajstić information content (AvgIpc) is 3.21. The van der Waals surface area contributed by atoms with Crippen molar-refractivity contribution in [3.05, 3.63) is 52.1 Å². The quantitative estimate of drug-likeness (QED) is 0.338. The molecule has 0 spiro atoms. The Labute approximate surface area is 177 Å². The van der Waals surface area contributed by atoms with Crippen LogP contribution in [-0.4, -0.2) is 32.7 Å². The molecule has 1 saturated heterocycles. The summed E-state index contributed by atoms with van der Waals surface area (Å²) in [6.07, 6.45) is 3.89. The van der Waals surface area contributed by atoms with Gasteiger partial charge in [0.2, 0.25) is 0 Å². The number of thioether (sulfide) groups is 1. The van der Waals surface area contributed by atoms with Gasteiger partial charge >= 0.3 is 5.97 Å². The molecule has 1 amide bonds. The molecule has 2 heterocycles. The third-order valence-electron chi connectivity index (χ3n) is 4.16. The van der Waals surface area contributed by atoms with E-state index < -0.39 is 5.97 Å². The number of nitrogens with zero attached hydrogens (tertiary/aromatic N) is 1. The molecule has 3 rings (SSSR count). The van der Waals surface area contributed by atoms with Crippen molar-refractivity contribution in [3.8, 4) is 11.3 Å². The van der Waals surface area contributed by atoms with Crippen LogP contribution in [-0.2, 0) is 9.59 Å². The van der Waals surface area contributed by atoms with Crippen LogP contribution in [0.15, 0.2) is 45.7 Å². The molecular formula is C20H18ClNO4S2. The number of unbranched alkanes of at least 4 members (excludes halogenated alkanes) is 2. The fourth-order valence-electron chi connectivity index (χ4n) is 2.77. The van der Waals surface area contributed by atoms with Gasteiger partial charge in [0.25, 0.3) is 5.91 Å². The number of amides is 1. The van der Waals surface area contributed by atoms with Gasteiger partial charge in [0.1, 0.15) is 15.8 Å². The minimum atomic E-state index is -0.802. The van der Waals surface area contributed by atoms with Crippen LogP contribution in [0.1, 0.15) is 31.4 Å². The van der Waals surface area contributed by atoms with E-state index in [1.165, 1.54) is 11.8 Å². The highest BCUT2D eigenvalue weighted by molar-refractivity contribution is 8.26. The van der Waals surface area contributed by atoms with Crippen molar-refractivity contribution >= 4 is 57.9 Å². The van der Waals surface area contributed by atoms with E-state index in [-0.39, 0.29) is 12.3 Å². The van der Waals surface area contributed by atoms with Crippen LogP contribution in [0.4, 0.5) is 0 Å². The van der Waals surface area contributed by atoms with Crippen LogP contribution in [0.2, 0.25) is 5.02 Å². The second-order valence-corrected chi connectivity index (χ2v) is 8.36. The van der Waals surface area contributed by atoms with Gasteiger partial charge in [-0.05, 0) is 37.1 Å². The standard InChI is InChI=1S/C20H18ClNO4S2/c21-14-6-4-5-13(11-14)16-9-8-15(26-16)12-17-19(25)22(20(27)28-17)10-3-1-2-7-18(23)24/h4-6,8-9,11-12H,1-3,7,10H2,(H,23,24)/b17-12+. The van der Waals surface area contributed by atoms with Crippen LogP contribution < -0.4 is 0 Å². The Hall–Kier alpha value is -2.09. The van der Waals surface area contributed by atoms with Crippen molar-refractivity contribution < 1.29 is 19.1 Å². The number of aliphatic carboxylic acids is 1. The fraction of sp³-hybridized carbons (Fsp3) is 0.250. The van der Waals surface area contributed by atoms with E-state index in [1.807, 2.05) is 24.3 Å². The van der Waals surface area contributed by atoms with E-state index in [0.717, 1.165) is 12.0 Å². The monoisotopic (exact) mass is 435 g/mol. The first-order valence-corrected chi connectivity index (χ1v) is 10.4. The Morgan fingerprint density at radius 2 is 2.07 bits per heavy atom. The lowest BCUT2D eigenvalue weighted by molar-refractivity contribution is -0.137. The number of carbonyl (C=O) groups excluding carboxylic acids is 1. The summed E-state index contributed by atoms with van der Waals surface area (Å²) in [5.74, 6) is 0.290. The zero-order valence-corrected chi connectivity index (χ0v) is 17.3. The van der Waals surface area contributed by atoms with Crippen LogP contribution >= 0.6 is 35.6 Å². The molecule has 0 atom stereocenters. The summed E-state index contributed by atoms with van der Waals surface area (Å²) in [6.45, 7) is 0.494. The molecule has 1 aromatic carbocycles. The molecule has 0 unspecified atom stereocenters. The third kappa shape index (κ3) is 5.25. The molecule has 1 N–H and O–H groups in total. The molecule has 146 valence electrons. The smallest absolute Gasteiger partial charge is 0.303 e. The fourth-order valence-corrected chi connectivity index (χ4v) is 4.25. The van der Waals surface area contributed by atoms with Gasteiger partial charge in [-0.25, -0.2) is 0 Å². The molecule has 8 heteroatoms. The van der Waals surface area contributed by atoms with E-state index in [9.17, 15) is 9.59 Å². The van der Waals surface area contributed by atoms with Crippen molar-refractivity contribution in [2.75, 3.05) is 6.54 Å². The molecular weight excluding hydrogens is 418 g/mol. The summed E-state index contributed by atoms with van der Waals surface area (Å²) in [5.41, 5.74) is 0.862. The average molecular weight is 436 g/mol. The maximum Gasteiger partial charge on any atom is 0.303 e. The van der Waals surface area contributed by atoms with Gasteiger partial charge in [-0.3, -0.25) is 14.5 Å². The number of carbonyl (C=O) groups is 2. The van der Waals surface area contributed by atoms with Crippen molar-refractivity contribution in [1.82, 2.24) is 4.90 Å². The predicted octanol–water partition coefficient (Wildman–Crippen LogP) is 5.45. The first-order chi connectivity index (χ1) is 13.4.